The summed E-state index contributed by atoms with van der Waals surface area (Å²) in [5.74, 6) is 0.573. The van der Waals surface area contributed by atoms with Crippen LogP contribution < -0.4 is 4.74 Å². The third-order valence-corrected chi connectivity index (χ3v) is 3.34. The van der Waals surface area contributed by atoms with Gasteiger partial charge in [0, 0.05) is 42.0 Å². The van der Waals surface area contributed by atoms with Crippen LogP contribution in [-0.2, 0) is 6.42 Å². The summed E-state index contributed by atoms with van der Waals surface area (Å²) in [5, 5.41) is 1.90. The molecule has 0 saturated carbocycles. The lowest BCUT2D eigenvalue weighted by Crippen LogP contribution is -2.05. The number of nitrogens with zero attached hydrogens (tertiary/aromatic N) is 2. The number of rotatable bonds is 4. The van der Waals surface area contributed by atoms with Gasteiger partial charge in [0.15, 0.2) is 5.78 Å². The molecule has 0 atom stereocenters. The number of hydrogen-bond donors (Lipinski definition) is 0. The number of ketones is 1. The highest BCUT2D eigenvalue weighted by molar-refractivity contribution is 6.08. The Hall–Kier alpha value is -2.75. The van der Waals surface area contributed by atoms with Gasteiger partial charge in [0.05, 0.1) is 7.11 Å². The van der Waals surface area contributed by atoms with Crippen molar-refractivity contribution in [3.63, 3.8) is 0 Å². The Morgan fingerprint density at radius 3 is 2.71 bits per heavy atom. The molecule has 0 N–H and O–H groups in total. The molecule has 0 aliphatic rings. The molecule has 0 bridgehead atoms. The van der Waals surface area contributed by atoms with Gasteiger partial charge >= 0.3 is 0 Å². The molecule has 104 valence electrons. The van der Waals surface area contributed by atoms with E-state index in [1.807, 2.05) is 30.3 Å². The summed E-state index contributed by atoms with van der Waals surface area (Å²) in [6, 6.07) is 11.4. The van der Waals surface area contributed by atoms with Gasteiger partial charge in [-0.05, 0) is 10.9 Å². The summed E-state index contributed by atoms with van der Waals surface area (Å²) in [4.78, 5) is 20.7. The van der Waals surface area contributed by atoms with Crippen LogP contribution in [0.1, 0.15) is 15.9 Å². The second-order valence-corrected chi connectivity index (χ2v) is 4.72. The Labute approximate surface area is 122 Å². The van der Waals surface area contributed by atoms with E-state index < -0.39 is 0 Å². The number of Topliss-reactive ketones (excluding diaryl/α,β-unsaturated/α-hetero) is 1. The van der Waals surface area contributed by atoms with E-state index in [0.29, 0.717) is 17.9 Å². The Balaban J connectivity index is 1.90. The predicted octanol–water partition coefficient (Wildman–Crippen LogP) is 3.06. The van der Waals surface area contributed by atoms with Crippen LogP contribution in [0.15, 0.2) is 55.0 Å². The van der Waals surface area contributed by atoms with Gasteiger partial charge in [-0.25, -0.2) is 4.98 Å². The lowest BCUT2D eigenvalue weighted by molar-refractivity contribution is 0.0994. The Morgan fingerprint density at radius 2 is 1.95 bits per heavy atom. The van der Waals surface area contributed by atoms with Gasteiger partial charge in [-0.1, -0.05) is 30.3 Å². The zero-order valence-corrected chi connectivity index (χ0v) is 11.6. The van der Waals surface area contributed by atoms with E-state index in [0.717, 1.165) is 16.3 Å². The number of carbonyl (C=O) groups excluding carboxylic acids is 1. The molecule has 4 nitrogen and oxygen atoms in total. The number of methoxy groups -OCH3 is 1. The maximum absolute atomic E-state index is 12.5. The van der Waals surface area contributed by atoms with Gasteiger partial charge in [-0.2, -0.15) is 0 Å². The maximum atomic E-state index is 12.5. The molecule has 21 heavy (non-hydrogen) atoms. The number of hydrogen-bond acceptors (Lipinski definition) is 4. The van der Waals surface area contributed by atoms with Gasteiger partial charge in [-0.15, -0.1) is 0 Å². The van der Waals surface area contributed by atoms with Crippen molar-refractivity contribution in [3.05, 3.63) is 66.1 Å². The van der Waals surface area contributed by atoms with Crippen molar-refractivity contribution in [3.8, 4) is 5.88 Å². The van der Waals surface area contributed by atoms with E-state index in [4.69, 9.17) is 4.74 Å². The number of pyridine rings is 2. The number of benzene rings is 1. The molecule has 0 saturated heterocycles. The SMILES string of the molecule is COc1ccc(CC(=O)c2cncc3ccccc23)cn1. The summed E-state index contributed by atoms with van der Waals surface area (Å²) < 4.78 is 5.01. The van der Waals surface area contributed by atoms with Crippen molar-refractivity contribution in [2.24, 2.45) is 0 Å². The number of carbonyl (C=O) groups is 1. The van der Waals surface area contributed by atoms with Gasteiger partial charge in [0.2, 0.25) is 5.88 Å². The van der Waals surface area contributed by atoms with Gasteiger partial charge in [0.1, 0.15) is 0 Å². The van der Waals surface area contributed by atoms with Crippen LogP contribution in [0.3, 0.4) is 0 Å². The quantitative estimate of drug-likeness (QED) is 0.688. The first-order chi connectivity index (χ1) is 10.3. The van der Waals surface area contributed by atoms with Crippen LogP contribution in [0.25, 0.3) is 10.8 Å². The number of aromatic nitrogens is 2. The molecule has 4 heteroatoms. The average molecular weight is 278 g/mol. The molecule has 0 fully saturated rings. The fraction of sp³-hybridized carbons (Fsp3) is 0.118. The van der Waals surface area contributed by atoms with E-state index in [1.165, 1.54) is 0 Å². The summed E-state index contributed by atoms with van der Waals surface area (Å²) in [5.41, 5.74) is 1.50. The summed E-state index contributed by atoms with van der Waals surface area (Å²) in [7, 11) is 1.56. The van der Waals surface area contributed by atoms with Crippen LogP contribution in [0, 0.1) is 0 Å². The molecule has 2 aromatic heterocycles. The monoisotopic (exact) mass is 278 g/mol. The molecule has 0 amide bonds. The molecule has 0 unspecified atom stereocenters. The van der Waals surface area contributed by atoms with Crippen molar-refractivity contribution in [2.45, 2.75) is 6.42 Å². The molecule has 0 radical (unpaired) electrons. The largest absolute Gasteiger partial charge is 0.481 e. The van der Waals surface area contributed by atoms with Gasteiger partial charge in [-0.3, -0.25) is 9.78 Å². The van der Waals surface area contributed by atoms with Crippen LogP contribution >= 0.6 is 0 Å². The first-order valence-corrected chi connectivity index (χ1v) is 6.63. The third-order valence-electron chi connectivity index (χ3n) is 3.34. The van der Waals surface area contributed by atoms with Crippen LogP contribution in [0.5, 0.6) is 5.88 Å². The van der Waals surface area contributed by atoms with Crippen molar-refractivity contribution in [1.29, 1.82) is 0 Å². The van der Waals surface area contributed by atoms with E-state index in [-0.39, 0.29) is 5.78 Å². The number of ether oxygens (including phenoxy) is 1. The summed E-state index contributed by atoms with van der Waals surface area (Å²) in [6.07, 6.45) is 5.35. The van der Waals surface area contributed by atoms with Crippen molar-refractivity contribution >= 4 is 16.6 Å². The summed E-state index contributed by atoms with van der Waals surface area (Å²) >= 11 is 0. The highest BCUT2D eigenvalue weighted by Gasteiger charge is 2.11. The molecule has 0 spiro atoms. The Bertz CT molecular complexity index is 777. The second-order valence-electron chi connectivity index (χ2n) is 4.72. The lowest BCUT2D eigenvalue weighted by atomic mass is 10.0. The van der Waals surface area contributed by atoms with Crippen molar-refractivity contribution in [2.75, 3.05) is 7.11 Å². The standard InChI is InChI=1S/C17H14N2O2/c1-21-17-7-6-12(9-19-17)8-16(20)15-11-18-10-13-4-2-3-5-14(13)15/h2-7,9-11H,8H2,1H3. The van der Waals surface area contributed by atoms with Crippen LogP contribution in [0.2, 0.25) is 0 Å². The Morgan fingerprint density at radius 1 is 1.10 bits per heavy atom. The highest BCUT2D eigenvalue weighted by atomic mass is 16.5. The smallest absolute Gasteiger partial charge is 0.212 e. The minimum absolute atomic E-state index is 0.0336. The second kappa shape index (κ2) is 5.71. The lowest BCUT2D eigenvalue weighted by Gasteiger charge is -2.05. The van der Waals surface area contributed by atoms with Gasteiger partial charge in [0.25, 0.3) is 0 Å². The minimum atomic E-state index is 0.0336. The fourth-order valence-corrected chi connectivity index (χ4v) is 2.26. The van der Waals surface area contributed by atoms with Crippen molar-refractivity contribution < 1.29 is 9.53 Å². The van der Waals surface area contributed by atoms with Gasteiger partial charge < -0.3 is 4.74 Å². The average Bonchev–Trinajstić information content (AvgIpc) is 2.55. The topological polar surface area (TPSA) is 52.1 Å². The molecule has 3 aromatic rings. The molecule has 1 aromatic carbocycles. The van der Waals surface area contributed by atoms with E-state index >= 15 is 0 Å². The van der Waals surface area contributed by atoms with Crippen molar-refractivity contribution in [1.82, 2.24) is 9.97 Å². The molecule has 2 heterocycles. The fourth-order valence-electron chi connectivity index (χ4n) is 2.26. The molecular weight excluding hydrogens is 264 g/mol. The molecule has 0 aliphatic carbocycles. The first-order valence-electron chi connectivity index (χ1n) is 6.63. The summed E-state index contributed by atoms with van der Waals surface area (Å²) in [6.45, 7) is 0. The highest BCUT2D eigenvalue weighted by Crippen LogP contribution is 2.19. The van der Waals surface area contributed by atoms with Crippen LogP contribution in [-0.4, -0.2) is 22.9 Å². The van der Waals surface area contributed by atoms with E-state index in [2.05, 4.69) is 9.97 Å². The number of fused-ring (bicyclic) bond motifs is 1. The van der Waals surface area contributed by atoms with Crippen LogP contribution in [0.4, 0.5) is 0 Å². The molecule has 3 rings (SSSR count). The predicted molar refractivity (Wildman–Crippen MR) is 80.6 cm³/mol. The zero-order chi connectivity index (χ0) is 14.7. The maximum Gasteiger partial charge on any atom is 0.212 e. The first kappa shape index (κ1) is 13.2. The van der Waals surface area contributed by atoms with E-state index in [1.54, 1.807) is 31.8 Å². The molecule has 0 aliphatic heterocycles. The molecular formula is C17H14N2O2. The third kappa shape index (κ3) is 2.74. The minimum Gasteiger partial charge on any atom is -0.481 e. The normalized spacial score (nSPS) is 10.5. The Kier molecular flexibility index (Phi) is 3.60. The zero-order valence-electron chi connectivity index (χ0n) is 11.6. The van der Waals surface area contributed by atoms with E-state index in [9.17, 15) is 4.79 Å².